The summed E-state index contributed by atoms with van der Waals surface area (Å²) in [6, 6.07) is 5.38. The molecule has 2 aliphatic heterocycles. The van der Waals surface area contributed by atoms with Gasteiger partial charge in [-0.05, 0) is 30.4 Å². The molecule has 0 amide bonds. The molecule has 0 aliphatic carbocycles. The second-order valence-corrected chi connectivity index (χ2v) is 5.81. The third kappa shape index (κ3) is 2.68. The summed E-state index contributed by atoms with van der Waals surface area (Å²) < 4.78 is 5.56. The molecule has 3 rings (SSSR count). The number of hydrogen-bond acceptors (Lipinski definition) is 5. The van der Waals surface area contributed by atoms with E-state index in [1.54, 1.807) is 6.07 Å². The second kappa shape index (κ2) is 5.89. The summed E-state index contributed by atoms with van der Waals surface area (Å²) in [6.45, 7) is 6.29. The average Bonchev–Trinajstić information content (AvgIpc) is 3.05. The van der Waals surface area contributed by atoms with Crippen LogP contribution in [0, 0.1) is 22.0 Å². The molecule has 2 aliphatic rings. The minimum atomic E-state index is -0.313. The second-order valence-electron chi connectivity index (χ2n) is 5.81. The molecule has 0 bridgehead atoms. The quantitative estimate of drug-likeness (QED) is 0.664. The van der Waals surface area contributed by atoms with E-state index in [0.29, 0.717) is 29.9 Å². The fourth-order valence-corrected chi connectivity index (χ4v) is 3.33. The summed E-state index contributed by atoms with van der Waals surface area (Å²) in [7, 11) is 0. The summed E-state index contributed by atoms with van der Waals surface area (Å²) in [4.78, 5) is 13.3. The molecule has 0 spiro atoms. The Bertz CT molecular complexity index is 523. The van der Waals surface area contributed by atoms with Crippen LogP contribution in [0.15, 0.2) is 18.2 Å². The standard InChI is InChI=1S/C15H21N3O3/c1-2-6-21-14-5-3-4-13(15(14)18(19)20)17-9-11-7-16-8-12(11)10-17/h3-5,11-12,16H,2,6-10H2,1H3/t11-,12+. The number of para-hydroxylation sites is 1. The van der Waals surface area contributed by atoms with E-state index in [2.05, 4.69) is 10.2 Å². The first kappa shape index (κ1) is 14.1. The SMILES string of the molecule is CCCOc1cccc(N2C[C@H]3CNC[C@H]3C2)c1[N+](=O)[O-]. The van der Waals surface area contributed by atoms with Gasteiger partial charge in [0.1, 0.15) is 5.69 Å². The zero-order valence-electron chi connectivity index (χ0n) is 12.2. The van der Waals surface area contributed by atoms with E-state index in [1.807, 2.05) is 19.1 Å². The van der Waals surface area contributed by atoms with Crippen LogP contribution >= 0.6 is 0 Å². The number of nitro benzene ring substituents is 1. The Labute approximate surface area is 124 Å². The van der Waals surface area contributed by atoms with E-state index < -0.39 is 0 Å². The highest BCUT2D eigenvalue weighted by Crippen LogP contribution is 2.40. The van der Waals surface area contributed by atoms with Crippen molar-refractivity contribution in [2.24, 2.45) is 11.8 Å². The third-order valence-corrected chi connectivity index (χ3v) is 4.35. The van der Waals surface area contributed by atoms with Crippen molar-refractivity contribution in [3.05, 3.63) is 28.3 Å². The molecule has 0 saturated carbocycles. The van der Waals surface area contributed by atoms with Crippen molar-refractivity contribution >= 4 is 11.4 Å². The van der Waals surface area contributed by atoms with Crippen molar-refractivity contribution in [2.75, 3.05) is 37.7 Å². The summed E-state index contributed by atoms with van der Waals surface area (Å²) >= 11 is 0. The normalized spacial score (nSPS) is 24.1. The molecule has 2 atom stereocenters. The maximum absolute atomic E-state index is 11.5. The molecule has 2 heterocycles. The molecule has 0 aromatic heterocycles. The Morgan fingerprint density at radius 1 is 1.38 bits per heavy atom. The zero-order chi connectivity index (χ0) is 14.8. The molecule has 2 fully saturated rings. The number of benzene rings is 1. The number of nitrogens with zero attached hydrogens (tertiary/aromatic N) is 2. The molecule has 2 saturated heterocycles. The lowest BCUT2D eigenvalue weighted by atomic mass is 10.0. The number of ether oxygens (including phenoxy) is 1. The molecular weight excluding hydrogens is 270 g/mol. The van der Waals surface area contributed by atoms with Gasteiger partial charge >= 0.3 is 5.69 Å². The lowest BCUT2D eigenvalue weighted by molar-refractivity contribution is -0.385. The van der Waals surface area contributed by atoms with Crippen molar-refractivity contribution in [3.8, 4) is 5.75 Å². The number of anilines is 1. The first-order valence-electron chi connectivity index (χ1n) is 7.56. The van der Waals surface area contributed by atoms with Gasteiger partial charge in [-0.2, -0.15) is 0 Å². The Hall–Kier alpha value is -1.82. The lowest BCUT2D eigenvalue weighted by Crippen LogP contribution is -2.26. The minimum absolute atomic E-state index is 0.110. The van der Waals surface area contributed by atoms with Gasteiger partial charge in [-0.1, -0.05) is 13.0 Å². The summed E-state index contributed by atoms with van der Waals surface area (Å²) in [6.07, 6.45) is 0.834. The molecular formula is C15H21N3O3. The van der Waals surface area contributed by atoms with Crippen LogP contribution in [-0.2, 0) is 0 Å². The van der Waals surface area contributed by atoms with Crippen LogP contribution in [0.5, 0.6) is 5.75 Å². The molecule has 21 heavy (non-hydrogen) atoms. The maximum Gasteiger partial charge on any atom is 0.333 e. The predicted octanol–water partition coefficient (Wildman–Crippen LogP) is 2.04. The molecule has 1 aromatic carbocycles. The first-order valence-corrected chi connectivity index (χ1v) is 7.56. The predicted molar refractivity (Wildman–Crippen MR) is 80.9 cm³/mol. The number of hydrogen-bond donors (Lipinski definition) is 1. The van der Waals surface area contributed by atoms with E-state index in [0.717, 1.165) is 32.6 Å². The maximum atomic E-state index is 11.5. The van der Waals surface area contributed by atoms with Crippen LogP contribution in [0.1, 0.15) is 13.3 Å². The van der Waals surface area contributed by atoms with Crippen molar-refractivity contribution in [3.63, 3.8) is 0 Å². The number of fused-ring (bicyclic) bond motifs is 1. The van der Waals surface area contributed by atoms with Crippen LogP contribution in [0.3, 0.4) is 0 Å². The smallest absolute Gasteiger partial charge is 0.333 e. The minimum Gasteiger partial charge on any atom is -0.487 e. The van der Waals surface area contributed by atoms with Gasteiger partial charge in [0.05, 0.1) is 11.5 Å². The Kier molecular flexibility index (Phi) is 3.96. The fraction of sp³-hybridized carbons (Fsp3) is 0.600. The van der Waals surface area contributed by atoms with E-state index >= 15 is 0 Å². The fourth-order valence-electron chi connectivity index (χ4n) is 3.33. The Balaban J connectivity index is 1.89. The van der Waals surface area contributed by atoms with Crippen LogP contribution in [-0.4, -0.2) is 37.7 Å². The number of rotatable bonds is 5. The number of nitro groups is 1. The van der Waals surface area contributed by atoms with E-state index in [1.165, 1.54) is 0 Å². The molecule has 6 heteroatoms. The molecule has 1 N–H and O–H groups in total. The Morgan fingerprint density at radius 2 is 2.10 bits per heavy atom. The highest BCUT2D eigenvalue weighted by atomic mass is 16.6. The van der Waals surface area contributed by atoms with Gasteiger partial charge < -0.3 is 15.0 Å². The van der Waals surface area contributed by atoms with Gasteiger partial charge in [0, 0.05) is 26.2 Å². The van der Waals surface area contributed by atoms with Crippen LogP contribution in [0.25, 0.3) is 0 Å². The van der Waals surface area contributed by atoms with Crippen molar-refractivity contribution in [1.29, 1.82) is 0 Å². The van der Waals surface area contributed by atoms with Gasteiger partial charge in [-0.25, -0.2) is 0 Å². The number of nitrogens with one attached hydrogen (secondary N) is 1. The van der Waals surface area contributed by atoms with Crippen molar-refractivity contribution in [1.82, 2.24) is 5.32 Å². The van der Waals surface area contributed by atoms with Crippen LogP contribution in [0.4, 0.5) is 11.4 Å². The topological polar surface area (TPSA) is 67.6 Å². The molecule has 1 aromatic rings. The highest BCUT2D eigenvalue weighted by Gasteiger charge is 2.38. The van der Waals surface area contributed by atoms with Crippen LogP contribution < -0.4 is 15.0 Å². The van der Waals surface area contributed by atoms with Gasteiger partial charge in [0.2, 0.25) is 0 Å². The molecule has 0 unspecified atom stereocenters. The van der Waals surface area contributed by atoms with Gasteiger partial charge in [-0.3, -0.25) is 10.1 Å². The zero-order valence-corrected chi connectivity index (χ0v) is 12.2. The van der Waals surface area contributed by atoms with Crippen molar-refractivity contribution < 1.29 is 9.66 Å². The highest BCUT2D eigenvalue weighted by molar-refractivity contribution is 5.70. The molecule has 6 nitrogen and oxygen atoms in total. The lowest BCUT2D eigenvalue weighted by Gasteiger charge is -2.20. The van der Waals surface area contributed by atoms with Gasteiger partial charge in [0.15, 0.2) is 5.75 Å². The third-order valence-electron chi connectivity index (χ3n) is 4.35. The Morgan fingerprint density at radius 3 is 2.71 bits per heavy atom. The average molecular weight is 291 g/mol. The van der Waals surface area contributed by atoms with E-state index in [9.17, 15) is 10.1 Å². The van der Waals surface area contributed by atoms with E-state index in [-0.39, 0.29) is 10.6 Å². The summed E-state index contributed by atoms with van der Waals surface area (Å²) in [5.74, 6) is 1.59. The summed E-state index contributed by atoms with van der Waals surface area (Å²) in [5.41, 5.74) is 0.807. The largest absolute Gasteiger partial charge is 0.487 e. The van der Waals surface area contributed by atoms with Gasteiger partial charge in [-0.15, -0.1) is 0 Å². The molecule has 0 radical (unpaired) electrons. The monoisotopic (exact) mass is 291 g/mol. The summed E-state index contributed by atoms with van der Waals surface area (Å²) in [5, 5.41) is 14.9. The molecule has 114 valence electrons. The van der Waals surface area contributed by atoms with Crippen molar-refractivity contribution in [2.45, 2.75) is 13.3 Å². The van der Waals surface area contributed by atoms with E-state index in [4.69, 9.17) is 4.74 Å². The van der Waals surface area contributed by atoms with Crippen LogP contribution in [0.2, 0.25) is 0 Å². The first-order chi connectivity index (χ1) is 10.2. The van der Waals surface area contributed by atoms with Gasteiger partial charge in [0.25, 0.3) is 0 Å².